The molecule has 0 N–H and O–H groups in total. The third-order valence-electron chi connectivity index (χ3n) is 8.79. The number of halogens is 1. The van der Waals surface area contributed by atoms with Crippen LogP contribution in [0.2, 0.25) is 5.02 Å². The summed E-state index contributed by atoms with van der Waals surface area (Å²) in [7, 11) is 0. The molecule has 2 aliphatic rings. The van der Waals surface area contributed by atoms with Crippen LogP contribution >= 0.6 is 22.9 Å². The molecule has 41 heavy (non-hydrogen) atoms. The molecule has 1 saturated heterocycles. The van der Waals surface area contributed by atoms with Crippen LogP contribution in [-0.4, -0.2) is 45.9 Å². The zero-order valence-electron chi connectivity index (χ0n) is 24.0. The Balaban J connectivity index is 1.24. The molecule has 0 saturated carbocycles. The summed E-state index contributed by atoms with van der Waals surface area (Å²) in [5.41, 5.74) is 10.9. The first-order valence-corrected chi connectivity index (χ1v) is 15.9. The molecule has 2 aliphatic heterocycles. The Morgan fingerprint density at radius 3 is 2.34 bits per heavy atom. The van der Waals surface area contributed by atoms with Gasteiger partial charge in [0.1, 0.15) is 10.5 Å². The number of hydrogen-bond donors (Lipinski definition) is 0. The van der Waals surface area contributed by atoms with Gasteiger partial charge in [-0.1, -0.05) is 48.9 Å². The quantitative estimate of drug-likeness (QED) is 0.201. The first-order valence-electron chi connectivity index (χ1n) is 14.7. The molecule has 0 unspecified atom stereocenters. The number of aromatic nitrogens is 2. The average molecular weight is 583 g/mol. The van der Waals surface area contributed by atoms with Gasteiger partial charge in [0, 0.05) is 42.1 Å². The van der Waals surface area contributed by atoms with Crippen molar-refractivity contribution in [3.8, 4) is 33.2 Å². The van der Waals surface area contributed by atoms with Gasteiger partial charge in [-0.25, -0.2) is 9.97 Å². The second kappa shape index (κ2) is 11.0. The van der Waals surface area contributed by atoms with Crippen LogP contribution in [-0.2, 0) is 19.5 Å². The molecule has 5 aromatic rings. The van der Waals surface area contributed by atoms with Crippen LogP contribution in [0.5, 0.6) is 0 Å². The van der Waals surface area contributed by atoms with Crippen LogP contribution < -0.4 is 0 Å². The van der Waals surface area contributed by atoms with E-state index in [4.69, 9.17) is 26.0 Å². The fraction of sp³-hybridized carbons (Fsp3) is 0.353. The van der Waals surface area contributed by atoms with Gasteiger partial charge < -0.3 is 4.42 Å². The molecule has 7 heteroatoms. The monoisotopic (exact) mass is 582 g/mol. The molecule has 1 fully saturated rings. The summed E-state index contributed by atoms with van der Waals surface area (Å²) in [6.45, 7) is 13.0. The summed E-state index contributed by atoms with van der Waals surface area (Å²) in [6, 6.07) is 17.1. The average Bonchev–Trinajstić information content (AvgIpc) is 3.73. The molecule has 0 spiro atoms. The summed E-state index contributed by atoms with van der Waals surface area (Å²) < 4.78 is 6.30. The molecule has 210 valence electrons. The van der Waals surface area contributed by atoms with E-state index in [1.165, 1.54) is 51.2 Å². The van der Waals surface area contributed by atoms with Crippen LogP contribution in [0.3, 0.4) is 0 Å². The van der Waals surface area contributed by atoms with E-state index in [9.17, 15) is 0 Å². The lowest BCUT2D eigenvalue weighted by Crippen LogP contribution is -2.29. The minimum atomic E-state index is 0.612. The lowest BCUT2D eigenvalue weighted by Gasteiger charge is -2.23. The van der Waals surface area contributed by atoms with Gasteiger partial charge in [-0.15, -0.1) is 11.3 Å². The molecule has 0 radical (unpaired) electrons. The summed E-state index contributed by atoms with van der Waals surface area (Å²) >= 11 is 8.56. The molecule has 5 nitrogen and oxygen atoms in total. The molecular weight excluding hydrogens is 548 g/mol. The predicted octanol–water partition coefficient (Wildman–Crippen LogP) is 8.53. The molecule has 3 aromatic carbocycles. The number of benzene rings is 3. The maximum absolute atomic E-state index is 6.71. The van der Waals surface area contributed by atoms with E-state index in [0.29, 0.717) is 16.5 Å². The second-order valence-corrected chi connectivity index (χ2v) is 12.9. The Kier molecular flexibility index (Phi) is 7.20. The fourth-order valence-corrected chi connectivity index (χ4v) is 7.91. The van der Waals surface area contributed by atoms with Gasteiger partial charge in [0.25, 0.3) is 0 Å². The van der Waals surface area contributed by atoms with Gasteiger partial charge in [-0.3, -0.25) is 9.80 Å². The molecule has 4 heterocycles. The zero-order chi connectivity index (χ0) is 28.1. The van der Waals surface area contributed by atoms with Crippen molar-refractivity contribution in [1.82, 2.24) is 19.8 Å². The molecule has 0 bridgehead atoms. The van der Waals surface area contributed by atoms with Gasteiger partial charge in [0.2, 0.25) is 5.89 Å². The van der Waals surface area contributed by atoms with E-state index in [1.54, 1.807) is 0 Å². The summed E-state index contributed by atoms with van der Waals surface area (Å²) in [4.78, 5) is 16.4. The molecule has 2 aromatic heterocycles. The van der Waals surface area contributed by atoms with Crippen molar-refractivity contribution in [3.05, 3.63) is 80.8 Å². The van der Waals surface area contributed by atoms with Crippen LogP contribution in [0.1, 0.15) is 47.0 Å². The van der Waals surface area contributed by atoms with Crippen molar-refractivity contribution in [2.75, 3.05) is 26.2 Å². The van der Waals surface area contributed by atoms with E-state index in [0.717, 1.165) is 67.3 Å². The van der Waals surface area contributed by atoms with Crippen molar-refractivity contribution in [2.24, 2.45) is 0 Å². The van der Waals surface area contributed by atoms with Gasteiger partial charge in [-0.05, 0) is 92.3 Å². The smallest absolute Gasteiger partial charge is 0.227 e. The van der Waals surface area contributed by atoms with Crippen molar-refractivity contribution in [3.63, 3.8) is 0 Å². The third kappa shape index (κ3) is 5.01. The number of oxazole rings is 1. The first-order chi connectivity index (χ1) is 20.0. The number of nitrogens with zero attached hydrogens (tertiary/aromatic N) is 4. The van der Waals surface area contributed by atoms with Gasteiger partial charge in [0.15, 0.2) is 5.58 Å². The Bertz CT molecular complexity index is 1750. The highest BCUT2D eigenvalue weighted by atomic mass is 35.5. The Morgan fingerprint density at radius 2 is 1.59 bits per heavy atom. The Morgan fingerprint density at radius 1 is 0.878 bits per heavy atom. The maximum atomic E-state index is 6.71. The van der Waals surface area contributed by atoms with E-state index < -0.39 is 0 Å². The maximum Gasteiger partial charge on any atom is 0.227 e. The van der Waals surface area contributed by atoms with Gasteiger partial charge in [0.05, 0.1) is 10.7 Å². The number of fused-ring (bicyclic) bond motifs is 2. The highest BCUT2D eigenvalue weighted by Gasteiger charge is 2.23. The molecular formula is C34H35ClN4OS. The minimum absolute atomic E-state index is 0.612. The van der Waals surface area contributed by atoms with Crippen LogP contribution in [0.4, 0.5) is 0 Å². The number of thiazole rings is 1. The normalized spacial score (nSPS) is 16.1. The third-order valence-corrected chi connectivity index (χ3v) is 10.2. The van der Waals surface area contributed by atoms with E-state index >= 15 is 0 Å². The largest absolute Gasteiger partial charge is 0.434 e. The lowest BCUT2D eigenvalue weighted by atomic mass is 9.91. The molecule has 0 atom stereocenters. The summed E-state index contributed by atoms with van der Waals surface area (Å²) in [5, 5.41) is 1.75. The van der Waals surface area contributed by atoms with Crippen LogP contribution in [0, 0.1) is 13.8 Å². The van der Waals surface area contributed by atoms with Crippen LogP contribution in [0.25, 0.3) is 44.3 Å². The van der Waals surface area contributed by atoms with E-state index in [-0.39, 0.29) is 0 Å². The number of likely N-dealkylation sites (tertiary alicyclic amines) is 1. The zero-order valence-corrected chi connectivity index (χ0v) is 25.5. The number of rotatable bonds is 6. The molecule has 7 rings (SSSR count). The van der Waals surface area contributed by atoms with Crippen molar-refractivity contribution < 1.29 is 4.42 Å². The van der Waals surface area contributed by atoms with Gasteiger partial charge >= 0.3 is 0 Å². The standard InChI is InChI=1S/C34H35ClN4OS/c1-4-38-16-13-29-31(20-38)41-34(37-29)27-12-8-10-25(22(27)3)24-9-7-11-26(21(24)2)33-36-30-18-23(17-28(35)32(30)40-33)19-39-14-5-6-15-39/h7-12,17-18H,4-6,13-16,19-20H2,1-3H3. The number of hydrogen-bond acceptors (Lipinski definition) is 6. The van der Waals surface area contributed by atoms with Gasteiger partial charge in [-0.2, -0.15) is 0 Å². The minimum Gasteiger partial charge on any atom is -0.434 e. The van der Waals surface area contributed by atoms with E-state index in [2.05, 4.69) is 73.0 Å². The number of likely N-dealkylation sites (N-methyl/N-ethyl adjacent to an activating group) is 1. The van der Waals surface area contributed by atoms with Crippen molar-refractivity contribution >= 4 is 34.0 Å². The Hall–Kier alpha value is -3.03. The summed E-state index contributed by atoms with van der Waals surface area (Å²) in [5.74, 6) is 0.612. The molecule has 0 amide bonds. The topological polar surface area (TPSA) is 45.4 Å². The summed E-state index contributed by atoms with van der Waals surface area (Å²) in [6.07, 6.45) is 3.57. The van der Waals surface area contributed by atoms with Crippen molar-refractivity contribution in [2.45, 2.75) is 53.1 Å². The first kappa shape index (κ1) is 26.8. The van der Waals surface area contributed by atoms with Crippen LogP contribution in [0.15, 0.2) is 52.9 Å². The lowest BCUT2D eigenvalue weighted by molar-refractivity contribution is 0.270. The highest BCUT2D eigenvalue weighted by Crippen LogP contribution is 2.40. The van der Waals surface area contributed by atoms with Crippen molar-refractivity contribution in [1.29, 1.82) is 0 Å². The second-order valence-electron chi connectivity index (χ2n) is 11.4. The van der Waals surface area contributed by atoms with E-state index in [1.807, 2.05) is 17.4 Å². The fourth-order valence-electron chi connectivity index (χ4n) is 6.40. The predicted molar refractivity (Wildman–Crippen MR) is 170 cm³/mol. The Labute approximate surface area is 250 Å². The highest BCUT2D eigenvalue weighted by molar-refractivity contribution is 7.15. The molecule has 0 aliphatic carbocycles. The SMILES string of the molecule is CCN1CCc2nc(-c3cccc(-c4cccc(-c5nc6cc(CN7CCCC7)cc(Cl)c6o5)c4C)c3C)sc2C1.